The van der Waals surface area contributed by atoms with Crippen molar-refractivity contribution in [1.82, 2.24) is 4.90 Å². The molecule has 0 radical (unpaired) electrons. The van der Waals surface area contributed by atoms with E-state index in [0.717, 1.165) is 0 Å². The highest BCUT2D eigenvalue weighted by atomic mass is 15.2. The van der Waals surface area contributed by atoms with Crippen LogP contribution in [-0.4, -0.2) is 30.1 Å². The van der Waals surface area contributed by atoms with Gasteiger partial charge in [0, 0.05) is 23.8 Å². The third-order valence-corrected chi connectivity index (χ3v) is 5.46. The zero-order valence-electron chi connectivity index (χ0n) is 12.6. The summed E-state index contributed by atoms with van der Waals surface area (Å²) in [5.74, 6) is 1.36. The van der Waals surface area contributed by atoms with Crippen LogP contribution in [0.1, 0.15) is 45.1 Å². The lowest BCUT2D eigenvalue weighted by molar-refractivity contribution is 0.0803. The van der Waals surface area contributed by atoms with Crippen molar-refractivity contribution in [3.8, 4) is 0 Å². The minimum Gasteiger partial charge on any atom is -0.379 e. The van der Waals surface area contributed by atoms with Gasteiger partial charge in [0.2, 0.25) is 0 Å². The van der Waals surface area contributed by atoms with Crippen LogP contribution in [0, 0.1) is 5.92 Å². The molecule has 1 N–H and O–H groups in total. The molecule has 2 nitrogen and oxygen atoms in total. The first kappa shape index (κ1) is 13.0. The third-order valence-electron chi connectivity index (χ3n) is 5.46. The van der Waals surface area contributed by atoms with E-state index in [1.54, 1.807) is 0 Å². The molecule has 1 saturated heterocycles. The number of para-hydroxylation sites is 1. The van der Waals surface area contributed by atoms with Crippen molar-refractivity contribution in [2.24, 2.45) is 5.92 Å². The predicted octanol–water partition coefficient (Wildman–Crippen LogP) is 3.70. The number of fused-ring (bicyclic) bond motifs is 1. The van der Waals surface area contributed by atoms with Gasteiger partial charge < -0.3 is 10.2 Å². The summed E-state index contributed by atoms with van der Waals surface area (Å²) in [6.07, 6.45) is 2.52. The van der Waals surface area contributed by atoms with Crippen LogP contribution >= 0.6 is 0 Å². The van der Waals surface area contributed by atoms with E-state index in [2.05, 4.69) is 62.3 Å². The second kappa shape index (κ2) is 4.52. The molecule has 2 heterocycles. The molecule has 1 spiro atoms. The Morgan fingerprint density at radius 3 is 2.68 bits per heavy atom. The largest absolute Gasteiger partial charge is 0.379 e. The minimum atomic E-state index is 0.291. The lowest BCUT2D eigenvalue weighted by Crippen LogP contribution is -2.59. The van der Waals surface area contributed by atoms with E-state index in [4.69, 9.17) is 0 Å². The molecule has 0 saturated carbocycles. The molecule has 104 valence electrons. The van der Waals surface area contributed by atoms with Crippen molar-refractivity contribution in [3.05, 3.63) is 29.8 Å². The van der Waals surface area contributed by atoms with Crippen LogP contribution in [0.5, 0.6) is 0 Å². The molecule has 0 aromatic heterocycles. The van der Waals surface area contributed by atoms with Gasteiger partial charge in [-0.05, 0) is 50.3 Å². The van der Waals surface area contributed by atoms with E-state index in [0.29, 0.717) is 23.4 Å². The second-order valence-corrected chi connectivity index (χ2v) is 6.87. The summed E-state index contributed by atoms with van der Waals surface area (Å²) < 4.78 is 0. The van der Waals surface area contributed by atoms with Gasteiger partial charge in [0.25, 0.3) is 0 Å². The summed E-state index contributed by atoms with van der Waals surface area (Å²) in [6, 6.07) is 9.52. The van der Waals surface area contributed by atoms with E-state index in [1.165, 1.54) is 30.6 Å². The predicted molar refractivity (Wildman–Crippen MR) is 81.7 cm³/mol. The van der Waals surface area contributed by atoms with Crippen LogP contribution in [0.2, 0.25) is 0 Å². The van der Waals surface area contributed by atoms with Crippen LogP contribution in [0.4, 0.5) is 5.69 Å². The topological polar surface area (TPSA) is 15.3 Å². The Morgan fingerprint density at radius 1 is 1.16 bits per heavy atom. The van der Waals surface area contributed by atoms with Gasteiger partial charge in [0.15, 0.2) is 0 Å². The van der Waals surface area contributed by atoms with Crippen molar-refractivity contribution < 1.29 is 0 Å². The molecule has 1 aromatic rings. The van der Waals surface area contributed by atoms with Crippen molar-refractivity contribution in [3.63, 3.8) is 0 Å². The first-order chi connectivity index (χ1) is 9.02. The highest BCUT2D eigenvalue weighted by Gasteiger charge is 2.45. The lowest BCUT2D eigenvalue weighted by Gasteiger charge is -2.53. The molecule has 2 aliphatic rings. The fourth-order valence-electron chi connectivity index (χ4n) is 4.15. The minimum absolute atomic E-state index is 0.291. The van der Waals surface area contributed by atoms with Crippen molar-refractivity contribution in [2.45, 2.75) is 51.1 Å². The maximum Gasteiger partial charge on any atom is 0.0432 e. The molecular formula is C17H26N2. The summed E-state index contributed by atoms with van der Waals surface area (Å²) in [5, 5.41) is 3.92. The van der Waals surface area contributed by atoms with Gasteiger partial charge in [-0.3, -0.25) is 0 Å². The number of rotatable bonds is 0. The van der Waals surface area contributed by atoms with Crippen molar-refractivity contribution in [1.29, 1.82) is 0 Å². The number of hydrogen-bond acceptors (Lipinski definition) is 2. The Bertz CT molecular complexity index is 470. The number of nitrogens with zero attached hydrogens (tertiary/aromatic N) is 1. The molecule has 4 atom stereocenters. The number of likely N-dealkylation sites (tertiary alicyclic amines) is 1. The number of anilines is 1. The Labute approximate surface area is 117 Å². The van der Waals surface area contributed by atoms with Crippen molar-refractivity contribution in [2.75, 3.05) is 18.9 Å². The number of nitrogens with one attached hydrogen (secondary N) is 1. The number of benzene rings is 1. The Morgan fingerprint density at radius 2 is 1.89 bits per heavy atom. The van der Waals surface area contributed by atoms with Gasteiger partial charge >= 0.3 is 0 Å². The first-order valence-electron chi connectivity index (χ1n) is 7.59. The highest BCUT2D eigenvalue weighted by molar-refractivity contribution is 5.57. The maximum atomic E-state index is 3.92. The van der Waals surface area contributed by atoms with Gasteiger partial charge in [-0.15, -0.1) is 0 Å². The SMILES string of the molecule is C[C@@H]1C[C@]2(C[C@@H](C)N(C)C[C@@H]2C)Nc2ccccc21. The standard InChI is InChI=1S/C17H26N2/c1-12-9-17(10-14(3)19(4)11-13(17)2)18-16-8-6-5-7-15(12)16/h5-8,12-14,18H,9-11H2,1-4H3/t12-,13+,14-,17-/m1/s1. The van der Waals surface area contributed by atoms with E-state index in [-0.39, 0.29) is 0 Å². The Hall–Kier alpha value is -1.02. The van der Waals surface area contributed by atoms with Crippen LogP contribution in [0.25, 0.3) is 0 Å². The maximum absolute atomic E-state index is 3.92. The molecule has 19 heavy (non-hydrogen) atoms. The quantitative estimate of drug-likeness (QED) is 0.763. The van der Waals surface area contributed by atoms with Crippen LogP contribution < -0.4 is 5.32 Å². The van der Waals surface area contributed by atoms with Gasteiger partial charge in [-0.25, -0.2) is 0 Å². The molecule has 3 rings (SSSR count). The molecule has 1 aromatic carbocycles. The van der Waals surface area contributed by atoms with Crippen LogP contribution in [0.3, 0.4) is 0 Å². The molecular weight excluding hydrogens is 232 g/mol. The molecule has 1 fully saturated rings. The Kier molecular flexibility index (Phi) is 3.09. The first-order valence-corrected chi connectivity index (χ1v) is 7.59. The molecule has 2 heteroatoms. The number of piperidine rings is 1. The third kappa shape index (κ3) is 2.06. The summed E-state index contributed by atoms with van der Waals surface area (Å²) in [6.45, 7) is 8.36. The monoisotopic (exact) mass is 258 g/mol. The Balaban J connectivity index is 1.95. The van der Waals surface area contributed by atoms with Gasteiger partial charge in [0.1, 0.15) is 0 Å². The smallest absolute Gasteiger partial charge is 0.0432 e. The normalized spacial score (nSPS) is 38.8. The second-order valence-electron chi connectivity index (χ2n) is 6.87. The zero-order chi connectivity index (χ0) is 13.6. The molecule has 0 bridgehead atoms. The van der Waals surface area contributed by atoms with E-state index >= 15 is 0 Å². The summed E-state index contributed by atoms with van der Waals surface area (Å²) in [7, 11) is 2.26. The van der Waals surface area contributed by atoms with E-state index in [9.17, 15) is 0 Å². The van der Waals surface area contributed by atoms with Gasteiger partial charge in [-0.1, -0.05) is 32.0 Å². The zero-order valence-corrected chi connectivity index (χ0v) is 12.6. The summed E-state index contributed by atoms with van der Waals surface area (Å²) >= 11 is 0. The van der Waals surface area contributed by atoms with Gasteiger partial charge in [-0.2, -0.15) is 0 Å². The van der Waals surface area contributed by atoms with Crippen LogP contribution in [0.15, 0.2) is 24.3 Å². The van der Waals surface area contributed by atoms with Crippen LogP contribution in [-0.2, 0) is 0 Å². The number of hydrogen-bond donors (Lipinski definition) is 1. The van der Waals surface area contributed by atoms with Gasteiger partial charge in [0.05, 0.1) is 0 Å². The summed E-state index contributed by atoms with van der Waals surface area (Å²) in [5.41, 5.74) is 3.15. The molecule has 0 aliphatic carbocycles. The highest BCUT2D eigenvalue weighted by Crippen LogP contribution is 2.46. The molecule has 0 amide bonds. The fourth-order valence-corrected chi connectivity index (χ4v) is 4.15. The molecule has 0 unspecified atom stereocenters. The van der Waals surface area contributed by atoms with Crippen molar-refractivity contribution >= 4 is 5.69 Å². The molecule has 2 aliphatic heterocycles. The average Bonchev–Trinajstić information content (AvgIpc) is 2.37. The van der Waals surface area contributed by atoms with E-state index in [1.807, 2.05) is 0 Å². The average molecular weight is 258 g/mol. The van der Waals surface area contributed by atoms with E-state index < -0.39 is 0 Å². The lowest BCUT2D eigenvalue weighted by atomic mass is 9.68. The fraction of sp³-hybridized carbons (Fsp3) is 0.647. The summed E-state index contributed by atoms with van der Waals surface area (Å²) in [4.78, 5) is 2.50.